The highest BCUT2D eigenvalue weighted by Gasteiger charge is 2.38. The molecule has 5 heteroatoms. The molecule has 1 unspecified atom stereocenters. The first-order valence-electron chi connectivity index (χ1n) is 6.70. The van der Waals surface area contributed by atoms with Crippen LogP contribution in [0.25, 0.3) is 0 Å². The van der Waals surface area contributed by atoms with Gasteiger partial charge in [-0.25, -0.2) is 4.79 Å². The summed E-state index contributed by atoms with van der Waals surface area (Å²) in [6.07, 6.45) is 1.93. The number of amides is 1. The molecule has 0 heterocycles. The Hall–Kier alpha value is -2.04. The van der Waals surface area contributed by atoms with E-state index in [2.05, 4.69) is 0 Å². The molecule has 0 aromatic heterocycles. The second-order valence-corrected chi connectivity index (χ2v) is 5.04. The summed E-state index contributed by atoms with van der Waals surface area (Å²) in [5.41, 5.74) is 0.781. The number of carbonyl (C=O) groups is 2. The molecule has 1 aliphatic rings. The number of aliphatic carboxylic acids is 1. The maximum absolute atomic E-state index is 12.4. The minimum absolute atomic E-state index is 0.0725. The van der Waals surface area contributed by atoms with Gasteiger partial charge in [-0.05, 0) is 25.8 Å². The summed E-state index contributed by atoms with van der Waals surface area (Å²) in [7, 11) is 1.56. The molecule has 1 aliphatic carbocycles. The average Bonchev–Trinajstić information content (AvgIpc) is 3.24. The van der Waals surface area contributed by atoms with Crippen LogP contribution in [0, 0.1) is 0 Å². The summed E-state index contributed by atoms with van der Waals surface area (Å²) in [4.78, 5) is 25.0. The molecule has 1 N–H and O–H groups in total. The van der Waals surface area contributed by atoms with Crippen molar-refractivity contribution in [3.8, 4) is 5.75 Å². The van der Waals surface area contributed by atoms with Crippen molar-refractivity contribution in [3.05, 3.63) is 29.8 Å². The molecular formula is C15H19NO4. The zero-order valence-electron chi connectivity index (χ0n) is 11.7. The van der Waals surface area contributed by atoms with Crippen molar-refractivity contribution in [1.29, 1.82) is 0 Å². The van der Waals surface area contributed by atoms with Crippen molar-refractivity contribution in [3.63, 3.8) is 0 Å². The van der Waals surface area contributed by atoms with Crippen LogP contribution in [0.2, 0.25) is 0 Å². The fraction of sp³-hybridized carbons (Fsp3) is 0.467. The number of hydrogen-bond acceptors (Lipinski definition) is 3. The van der Waals surface area contributed by atoms with E-state index in [0.29, 0.717) is 5.75 Å². The molecule has 0 saturated heterocycles. The van der Waals surface area contributed by atoms with Gasteiger partial charge in [0.1, 0.15) is 11.8 Å². The van der Waals surface area contributed by atoms with Crippen LogP contribution in [0.5, 0.6) is 5.75 Å². The third-order valence-electron chi connectivity index (χ3n) is 3.54. The Labute approximate surface area is 118 Å². The lowest BCUT2D eigenvalue weighted by atomic mass is 10.1. The van der Waals surface area contributed by atoms with Gasteiger partial charge in [0.2, 0.25) is 5.91 Å². The minimum atomic E-state index is -0.967. The SMILES string of the molecule is COc1ccccc1CC(=O)N(C1CC1)C(C)C(=O)O. The van der Waals surface area contributed by atoms with Crippen LogP contribution in [-0.2, 0) is 16.0 Å². The van der Waals surface area contributed by atoms with E-state index < -0.39 is 12.0 Å². The van der Waals surface area contributed by atoms with E-state index in [1.54, 1.807) is 20.1 Å². The molecule has 1 amide bonds. The van der Waals surface area contributed by atoms with Gasteiger partial charge in [-0.3, -0.25) is 4.79 Å². The molecule has 20 heavy (non-hydrogen) atoms. The van der Waals surface area contributed by atoms with E-state index in [4.69, 9.17) is 9.84 Å². The first kappa shape index (κ1) is 14.4. The number of hydrogen-bond donors (Lipinski definition) is 1. The molecule has 2 rings (SSSR count). The molecule has 1 aromatic carbocycles. The Morgan fingerprint density at radius 3 is 2.60 bits per heavy atom. The number of carbonyl (C=O) groups excluding carboxylic acids is 1. The Kier molecular flexibility index (Phi) is 4.27. The lowest BCUT2D eigenvalue weighted by Crippen LogP contribution is -2.45. The van der Waals surface area contributed by atoms with Gasteiger partial charge >= 0.3 is 5.97 Å². The summed E-state index contributed by atoms with van der Waals surface area (Å²) in [5, 5.41) is 9.13. The maximum atomic E-state index is 12.4. The van der Waals surface area contributed by atoms with Crippen LogP contribution >= 0.6 is 0 Å². The summed E-state index contributed by atoms with van der Waals surface area (Å²) in [6.45, 7) is 1.56. The lowest BCUT2D eigenvalue weighted by molar-refractivity contribution is -0.149. The first-order chi connectivity index (χ1) is 9.54. The molecule has 0 bridgehead atoms. The van der Waals surface area contributed by atoms with Gasteiger partial charge in [0.15, 0.2) is 0 Å². The molecular weight excluding hydrogens is 258 g/mol. The number of ether oxygens (including phenoxy) is 1. The van der Waals surface area contributed by atoms with Crippen LogP contribution in [0.15, 0.2) is 24.3 Å². The highest BCUT2D eigenvalue weighted by Crippen LogP contribution is 2.30. The monoisotopic (exact) mass is 277 g/mol. The van der Waals surface area contributed by atoms with Crippen molar-refractivity contribution >= 4 is 11.9 Å². The zero-order chi connectivity index (χ0) is 14.7. The third kappa shape index (κ3) is 3.10. The molecule has 0 spiro atoms. The molecule has 0 radical (unpaired) electrons. The standard InChI is InChI=1S/C15H19NO4/c1-10(15(18)19)16(12-7-8-12)14(17)9-11-5-3-4-6-13(11)20-2/h3-6,10,12H,7-9H2,1-2H3,(H,18,19). The third-order valence-corrected chi connectivity index (χ3v) is 3.54. The van der Waals surface area contributed by atoms with Crippen molar-refractivity contribution in [1.82, 2.24) is 4.90 Å². The van der Waals surface area contributed by atoms with Crippen molar-refractivity contribution < 1.29 is 19.4 Å². The van der Waals surface area contributed by atoms with E-state index in [9.17, 15) is 9.59 Å². The Bertz CT molecular complexity index is 510. The summed E-state index contributed by atoms with van der Waals surface area (Å²) in [6, 6.07) is 6.59. The highest BCUT2D eigenvalue weighted by atomic mass is 16.5. The van der Waals surface area contributed by atoms with Gasteiger partial charge in [0, 0.05) is 11.6 Å². The quantitative estimate of drug-likeness (QED) is 0.859. The minimum Gasteiger partial charge on any atom is -0.496 e. The summed E-state index contributed by atoms with van der Waals surface area (Å²) >= 11 is 0. The second-order valence-electron chi connectivity index (χ2n) is 5.04. The largest absolute Gasteiger partial charge is 0.496 e. The van der Waals surface area contributed by atoms with Crippen molar-refractivity contribution in [2.75, 3.05) is 7.11 Å². The Morgan fingerprint density at radius 1 is 1.40 bits per heavy atom. The van der Waals surface area contributed by atoms with Gasteiger partial charge in [-0.2, -0.15) is 0 Å². The normalized spacial score (nSPS) is 15.5. The fourth-order valence-electron chi connectivity index (χ4n) is 2.31. The number of carboxylic acid groups (broad SMARTS) is 1. The smallest absolute Gasteiger partial charge is 0.326 e. The molecule has 0 aliphatic heterocycles. The van der Waals surface area contributed by atoms with E-state index in [1.165, 1.54) is 4.90 Å². The number of rotatable bonds is 6. The van der Waals surface area contributed by atoms with Gasteiger partial charge in [0.05, 0.1) is 13.5 Å². The molecule has 108 valence electrons. The van der Waals surface area contributed by atoms with Crippen LogP contribution in [0.4, 0.5) is 0 Å². The van der Waals surface area contributed by atoms with Gasteiger partial charge in [-0.15, -0.1) is 0 Å². The highest BCUT2D eigenvalue weighted by molar-refractivity contribution is 5.85. The average molecular weight is 277 g/mol. The van der Waals surface area contributed by atoms with Gasteiger partial charge < -0.3 is 14.7 Å². The number of carboxylic acids is 1. The van der Waals surface area contributed by atoms with Crippen molar-refractivity contribution in [2.45, 2.75) is 38.3 Å². The molecule has 1 aromatic rings. The number of para-hydroxylation sites is 1. The van der Waals surface area contributed by atoms with Crippen LogP contribution in [-0.4, -0.2) is 41.1 Å². The summed E-state index contributed by atoms with van der Waals surface area (Å²) < 4.78 is 5.22. The maximum Gasteiger partial charge on any atom is 0.326 e. The molecule has 1 atom stereocenters. The topological polar surface area (TPSA) is 66.8 Å². The zero-order valence-corrected chi connectivity index (χ0v) is 11.7. The van der Waals surface area contributed by atoms with Crippen LogP contribution in [0.1, 0.15) is 25.3 Å². The fourth-order valence-corrected chi connectivity index (χ4v) is 2.31. The number of methoxy groups -OCH3 is 1. The molecule has 1 saturated carbocycles. The number of benzene rings is 1. The summed E-state index contributed by atoms with van der Waals surface area (Å²) in [5.74, 6) is -0.475. The Morgan fingerprint density at radius 2 is 2.05 bits per heavy atom. The first-order valence-corrected chi connectivity index (χ1v) is 6.70. The molecule has 5 nitrogen and oxygen atoms in total. The van der Waals surface area contributed by atoms with Crippen molar-refractivity contribution in [2.24, 2.45) is 0 Å². The van der Waals surface area contributed by atoms with Gasteiger partial charge in [0.25, 0.3) is 0 Å². The number of nitrogens with zero attached hydrogens (tertiary/aromatic N) is 1. The van der Waals surface area contributed by atoms with Crippen LogP contribution < -0.4 is 4.74 Å². The van der Waals surface area contributed by atoms with E-state index in [-0.39, 0.29) is 18.4 Å². The predicted molar refractivity (Wildman–Crippen MR) is 73.7 cm³/mol. The van der Waals surface area contributed by atoms with Crippen LogP contribution in [0.3, 0.4) is 0 Å². The second kappa shape index (κ2) is 5.94. The van der Waals surface area contributed by atoms with E-state index in [1.807, 2.05) is 18.2 Å². The van der Waals surface area contributed by atoms with E-state index >= 15 is 0 Å². The van der Waals surface area contributed by atoms with Gasteiger partial charge in [-0.1, -0.05) is 18.2 Å². The predicted octanol–water partition coefficient (Wildman–Crippen LogP) is 1.70. The Balaban J connectivity index is 2.14. The van der Waals surface area contributed by atoms with E-state index in [0.717, 1.165) is 18.4 Å². The molecule has 1 fully saturated rings. The lowest BCUT2D eigenvalue weighted by Gasteiger charge is -2.26.